The molecule has 17 heavy (non-hydrogen) atoms. The maximum Gasteiger partial charge on any atom is 0.239 e. The number of benzene rings is 1. The molecule has 0 aliphatic carbocycles. The Morgan fingerprint density at radius 1 is 1.53 bits per heavy atom. The minimum absolute atomic E-state index is 0.145. The van der Waals surface area contributed by atoms with Gasteiger partial charge in [0.1, 0.15) is 0 Å². The van der Waals surface area contributed by atoms with Crippen LogP contribution in [0.15, 0.2) is 18.2 Å². The number of rotatable bonds is 5. The van der Waals surface area contributed by atoms with E-state index in [2.05, 4.69) is 33.2 Å². The molecule has 0 fully saturated rings. The van der Waals surface area contributed by atoms with E-state index in [1.807, 2.05) is 24.3 Å². The van der Waals surface area contributed by atoms with Crippen LogP contribution in [0.2, 0.25) is 5.02 Å². The molecule has 4 nitrogen and oxygen atoms in total. The Labute approximate surface area is 118 Å². The van der Waals surface area contributed by atoms with E-state index in [1.165, 1.54) is 0 Å². The van der Waals surface area contributed by atoms with Gasteiger partial charge in [-0.2, -0.15) is 5.26 Å². The molecular weight excluding hydrogens is 352 g/mol. The molecule has 2 N–H and O–H groups in total. The molecule has 0 saturated heterocycles. The van der Waals surface area contributed by atoms with E-state index in [4.69, 9.17) is 16.9 Å². The summed E-state index contributed by atoms with van der Waals surface area (Å²) in [7, 11) is 0. The number of amides is 1. The molecule has 1 amide bonds. The van der Waals surface area contributed by atoms with Crippen molar-refractivity contribution in [3.8, 4) is 6.07 Å². The van der Waals surface area contributed by atoms with Crippen molar-refractivity contribution in [2.24, 2.45) is 0 Å². The summed E-state index contributed by atoms with van der Waals surface area (Å²) in [5, 5.41) is 14.5. The fourth-order valence-corrected chi connectivity index (χ4v) is 2.05. The molecule has 6 heteroatoms. The lowest BCUT2D eigenvalue weighted by Crippen LogP contribution is -2.30. The summed E-state index contributed by atoms with van der Waals surface area (Å²) in [4.78, 5) is 11.3. The summed E-state index contributed by atoms with van der Waals surface area (Å²) in [5.74, 6) is -0.158. The highest BCUT2D eigenvalue weighted by atomic mass is 127. The summed E-state index contributed by atoms with van der Waals surface area (Å²) in [6.07, 6.45) is 0.316. The fraction of sp³-hybridized carbons (Fsp3) is 0.273. The number of nitriles is 1. The van der Waals surface area contributed by atoms with Gasteiger partial charge in [-0.15, -0.1) is 0 Å². The predicted molar refractivity (Wildman–Crippen MR) is 75.9 cm³/mol. The summed E-state index contributed by atoms with van der Waals surface area (Å²) in [6, 6.07) is 7.50. The minimum Gasteiger partial charge on any atom is -0.375 e. The first-order chi connectivity index (χ1) is 8.13. The van der Waals surface area contributed by atoms with Crippen LogP contribution in [0.25, 0.3) is 0 Å². The first-order valence-electron chi connectivity index (χ1n) is 4.96. The first-order valence-corrected chi connectivity index (χ1v) is 6.41. The molecule has 1 rings (SSSR count). The van der Waals surface area contributed by atoms with Gasteiger partial charge in [0.25, 0.3) is 0 Å². The molecular formula is C11H11ClIN3O. The average molecular weight is 364 g/mol. The second kappa shape index (κ2) is 7.35. The molecule has 1 aromatic rings. The van der Waals surface area contributed by atoms with E-state index in [-0.39, 0.29) is 12.5 Å². The third-order valence-corrected chi connectivity index (χ3v) is 2.91. The Morgan fingerprint density at radius 3 is 2.94 bits per heavy atom. The lowest BCUT2D eigenvalue weighted by Gasteiger charge is -2.08. The van der Waals surface area contributed by atoms with Gasteiger partial charge in [0.15, 0.2) is 0 Å². The fourth-order valence-electron chi connectivity index (χ4n) is 1.13. The van der Waals surface area contributed by atoms with Crippen molar-refractivity contribution < 1.29 is 4.79 Å². The van der Waals surface area contributed by atoms with Crippen molar-refractivity contribution in [1.82, 2.24) is 5.32 Å². The maximum atomic E-state index is 11.3. The monoisotopic (exact) mass is 363 g/mol. The van der Waals surface area contributed by atoms with Crippen LogP contribution < -0.4 is 10.6 Å². The number of halogens is 2. The van der Waals surface area contributed by atoms with Crippen LogP contribution in [0.4, 0.5) is 5.69 Å². The number of nitrogens with one attached hydrogen (secondary N) is 2. The zero-order chi connectivity index (χ0) is 12.7. The van der Waals surface area contributed by atoms with E-state index < -0.39 is 0 Å². The van der Waals surface area contributed by atoms with Gasteiger partial charge < -0.3 is 10.6 Å². The summed E-state index contributed by atoms with van der Waals surface area (Å²) in [6.45, 7) is 0.517. The highest BCUT2D eigenvalue weighted by molar-refractivity contribution is 14.1. The third-order valence-electron chi connectivity index (χ3n) is 1.93. The van der Waals surface area contributed by atoms with Gasteiger partial charge in [0.2, 0.25) is 5.91 Å². The molecule has 90 valence electrons. The standard InChI is InChI=1S/C11H11ClIN3O/c12-9-6-8(13)2-3-10(9)16-7-11(17)15-5-1-4-14/h2-3,6,16H,1,5,7H2,(H,15,17). The van der Waals surface area contributed by atoms with Crippen LogP contribution in [0, 0.1) is 14.9 Å². The van der Waals surface area contributed by atoms with Crippen molar-refractivity contribution >= 4 is 45.8 Å². The first kappa shape index (κ1) is 14.1. The predicted octanol–water partition coefficient (Wildman–Crippen LogP) is 2.39. The van der Waals surface area contributed by atoms with Crippen LogP contribution >= 0.6 is 34.2 Å². The molecule has 1 aromatic carbocycles. The number of hydrogen-bond acceptors (Lipinski definition) is 3. The van der Waals surface area contributed by atoms with Crippen molar-refractivity contribution in [2.45, 2.75) is 6.42 Å². The number of carbonyl (C=O) groups excluding carboxylic acids is 1. The smallest absolute Gasteiger partial charge is 0.239 e. The Hall–Kier alpha value is -1.000. The van der Waals surface area contributed by atoms with Crippen LogP contribution in [-0.4, -0.2) is 19.0 Å². The van der Waals surface area contributed by atoms with Gasteiger partial charge in [0.05, 0.1) is 29.7 Å². The van der Waals surface area contributed by atoms with E-state index >= 15 is 0 Å². The van der Waals surface area contributed by atoms with Crippen LogP contribution in [0.1, 0.15) is 6.42 Å². The maximum absolute atomic E-state index is 11.3. The average Bonchev–Trinajstić information content (AvgIpc) is 2.28. The van der Waals surface area contributed by atoms with E-state index in [9.17, 15) is 4.79 Å². The molecule has 0 aliphatic rings. The number of nitrogens with zero attached hydrogens (tertiary/aromatic N) is 1. The second-order valence-electron chi connectivity index (χ2n) is 3.24. The molecule has 0 saturated carbocycles. The molecule has 0 atom stereocenters. The Bertz CT molecular complexity index is 445. The SMILES string of the molecule is N#CCCNC(=O)CNc1ccc(I)cc1Cl. The summed E-state index contributed by atoms with van der Waals surface area (Å²) in [5.41, 5.74) is 0.725. The highest BCUT2D eigenvalue weighted by Crippen LogP contribution is 2.23. The van der Waals surface area contributed by atoms with Gasteiger partial charge in [0, 0.05) is 10.1 Å². The van der Waals surface area contributed by atoms with Crippen LogP contribution in [0.5, 0.6) is 0 Å². The zero-order valence-electron chi connectivity index (χ0n) is 8.96. The van der Waals surface area contributed by atoms with E-state index in [0.717, 1.165) is 9.26 Å². The lowest BCUT2D eigenvalue weighted by molar-refractivity contribution is -0.119. The molecule has 0 unspecified atom stereocenters. The molecule has 0 bridgehead atoms. The van der Waals surface area contributed by atoms with Gasteiger partial charge in [-0.25, -0.2) is 0 Å². The Morgan fingerprint density at radius 2 is 2.29 bits per heavy atom. The number of carbonyl (C=O) groups is 1. The van der Waals surface area contributed by atoms with Crippen molar-refractivity contribution in [3.05, 3.63) is 26.8 Å². The lowest BCUT2D eigenvalue weighted by atomic mass is 10.3. The Kier molecular flexibility index (Phi) is 6.08. The molecule has 0 spiro atoms. The molecule has 0 radical (unpaired) electrons. The second-order valence-corrected chi connectivity index (χ2v) is 4.89. The Balaban J connectivity index is 2.40. The van der Waals surface area contributed by atoms with Crippen LogP contribution in [-0.2, 0) is 4.79 Å². The summed E-state index contributed by atoms with van der Waals surface area (Å²) >= 11 is 8.16. The zero-order valence-corrected chi connectivity index (χ0v) is 11.9. The number of anilines is 1. The molecule has 0 aromatic heterocycles. The van der Waals surface area contributed by atoms with Gasteiger partial charge in [-0.05, 0) is 40.8 Å². The van der Waals surface area contributed by atoms with E-state index in [0.29, 0.717) is 18.0 Å². The van der Waals surface area contributed by atoms with Crippen LogP contribution in [0.3, 0.4) is 0 Å². The molecule has 0 heterocycles. The summed E-state index contributed by atoms with van der Waals surface area (Å²) < 4.78 is 1.04. The minimum atomic E-state index is -0.158. The van der Waals surface area contributed by atoms with Gasteiger partial charge in [-0.1, -0.05) is 11.6 Å². The van der Waals surface area contributed by atoms with Crippen molar-refractivity contribution in [3.63, 3.8) is 0 Å². The van der Waals surface area contributed by atoms with Gasteiger partial charge in [-0.3, -0.25) is 4.79 Å². The normalized spacial score (nSPS) is 9.47. The molecule has 0 aliphatic heterocycles. The third kappa shape index (κ3) is 5.24. The quantitative estimate of drug-likeness (QED) is 0.624. The van der Waals surface area contributed by atoms with E-state index in [1.54, 1.807) is 0 Å². The largest absolute Gasteiger partial charge is 0.375 e. The topological polar surface area (TPSA) is 64.9 Å². The highest BCUT2D eigenvalue weighted by Gasteiger charge is 2.03. The number of hydrogen-bond donors (Lipinski definition) is 2. The van der Waals surface area contributed by atoms with Gasteiger partial charge >= 0.3 is 0 Å². The van der Waals surface area contributed by atoms with Crippen molar-refractivity contribution in [2.75, 3.05) is 18.4 Å². The van der Waals surface area contributed by atoms with Crippen molar-refractivity contribution in [1.29, 1.82) is 5.26 Å².